The summed E-state index contributed by atoms with van der Waals surface area (Å²) in [5.74, 6) is 3.06. The number of hydrogen-bond acceptors (Lipinski definition) is 5. The van der Waals surface area contributed by atoms with Crippen molar-refractivity contribution in [2.75, 3.05) is 26.6 Å². The van der Waals surface area contributed by atoms with Crippen LogP contribution >= 0.6 is 11.6 Å². The van der Waals surface area contributed by atoms with Crippen molar-refractivity contribution in [3.05, 3.63) is 59.3 Å². The number of rotatable bonds is 8. The summed E-state index contributed by atoms with van der Waals surface area (Å²) in [5.41, 5.74) is 1.41. The third-order valence-corrected chi connectivity index (χ3v) is 4.69. The van der Waals surface area contributed by atoms with Gasteiger partial charge in [-0.15, -0.1) is 0 Å². The molecule has 0 spiro atoms. The SMILES string of the molecule is COc1ccc(-c2ccc(CCC(=O)Nc3cc(OC)c(OC)cc3Cl)o2)cc1. The standard InChI is InChI=1S/C22H22ClNO5/c1-26-15-6-4-14(5-7-15)19-10-8-16(29-19)9-11-22(25)24-18-13-21(28-3)20(27-2)12-17(18)23/h4-8,10,12-13H,9,11H2,1-3H3,(H,24,25). The van der Waals surface area contributed by atoms with Gasteiger partial charge in [-0.05, 0) is 36.4 Å². The summed E-state index contributed by atoms with van der Waals surface area (Å²) >= 11 is 6.21. The minimum atomic E-state index is -0.179. The topological polar surface area (TPSA) is 69.9 Å². The number of furan rings is 1. The van der Waals surface area contributed by atoms with Gasteiger partial charge in [0.05, 0.1) is 32.0 Å². The molecule has 0 atom stereocenters. The lowest BCUT2D eigenvalue weighted by Gasteiger charge is -2.12. The number of benzene rings is 2. The van der Waals surface area contributed by atoms with Gasteiger partial charge in [-0.2, -0.15) is 0 Å². The molecule has 6 nitrogen and oxygen atoms in total. The first kappa shape index (κ1) is 20.6. The van der Waals surface area contributed by atoms with Gasteiger partial charge < -0.3 is 23.9 Å². The zero-order valence-corrected chi connectivity index (χ0v) is 17.2. The summed E-state index contributed by atoms with van der Waals surface area (Å²) in [6.07, 6.45) is 0.715. The van der Waals surface area contributed by atoms with Crippen LogP contribution in [0.4, 0.5) is 5.69 Å². The molecule has 1 heterocycles. The smallest absolute Gasteiger partial charge is 0.224 e. The van der Waals surface area contributed by atoms with Crippen LogP contribution in [0.2, 0.25) is 5.02 Å². The van der Waals surface area contributed by atoms with E-state index in [-0.39, 0.29) is 12.3 Å². The Morgan fingerprint density at radius 2 is 1.66 bits per heavy atom. The molecule has 0 aliphatic carbocycles. The van der Waals surface area contributed by atoms with Crippen LogP contribution in [0.3, 0.4) is 0 Å². The number of ether oxygens (including phenoxy) is 3. The zero-order valence-electron chi connectivity index (χ0n) is 16.5. The molecular formula is C22H22ClNO5. The highest BCUT2D eigenvalue weighted by molar-refractivity contribution is 6.34. The van der Waals surface area contributed by atoms with Crippen molar-refractivity contribution in [2.24, 2.45) is 0 Å². The lowest BCUT2D eigenvalue weighted by Crippen LogP contribution is -2.12. The van der Waals surface area contributed by atoms with E-state index in [9.17, 15) is 4.79 Å². The number of methoxy groups -OCH3 is 3. The summed E-state index contributed by atoms with van der Waals surface area (Å²) in [6.45, 7) is 0. The summed E-state index contributed by atoms with van der Waals surface area (Å²) in [5, 5.41) is 3.17. The fraction of sp³-hybridized carbons (Fsp3) is 0.227. The number of nitrogens with one attached hydrogen (secondary N) is 1. The molecule has 3 rings (SSSR count). The molecule has 0 fully saturated rings. The van der Waals surface area contributed by atoms with Gasteiger partial charge in [0.15, 0.2) is 11.5 Å². The number of aryl methyl sites for hydroxylation is 1. The molecule has 0 aliphatic rings. The first-order valence-electron chi connectivity index (χ1n) is 8.98. The third kappa shape index (κ3) is 5.03. The minimum Gasteiger partial charge on any atom is -0.497 e. The molecule has 2 aromatic carbocycles. The van der Waals surface area contributed by atoms with Crippen molar-refractivity contribution in [3.63, 3.8) is 0 Å². The van der Waals surface area contributed by atoms with Crippen molar-refractivity contribution in [2.45, 2.75) is 12.8 Å². The number of hydrogen-bond donors (Lipinski definition) is 1. The minimum absolute atomic E-state index is 0.179. The van der Waals surface area contributed by atoms with Crippen LogP contribution in [0.15, 0.2) is 52.9 Å². The number of halogens is 1. The fourth-order valence-corrected chi connectivity index (χ4v) is 3.02. The Labute approximate surface area is 174 Å². The molecule has 0 aliphatic heterocycles. The molecule has 0 bridgehead atoms. The highest BCUT2D eigenvalue weighted by atomic mass is 35.5. The Hall–Kier alpha value is -3.12. The molecule has 3 aromatic rings. The van der Waals surface area contributed by atoms with Crippen LogP contribution in [0.1, 0.15) is 12.2 Å². The Morgan fingerprint density at radius 1 is 0.966 bits per heavy atom. The van der Waals surface area contributed by atoms with Gasteiger partial charge in [-0.3, -0.25) is 4.79 Å². The molecule has 7 heteroatoms. The molecule has 152 valence electrons. The highest BCUT2D eigenvalue weighted by Gasteiger charge is 2.13. The van der Waals surface area contributed by atoms with Crippen LogP contribution in [-0.4, -0.2) is 27.2 Å². The Morgan fingerprint density at radius 3 is 2.31 bits per heavy atom. The quantitative estimate of drug-likeness (QED) is 0.547. The molecule has 0 radical (unpaired) electrons. The number of amides is 1. The third-order valence-electron chi connectivity index (χ3n) is 4.38. The van der Waals surface area contributed by atoms with Crippen LogP contribution in [0, 0.1) is 0 Å². The van der Waals surface area contributed by atoms with E-state index >= 15 is 0 Å². The first-order chi connectivity index (χ1) is 14.0. The van der Waals surface area contributed by atoms with Gasteiger partial charge >= 0.3 is 0 Å². The van der Waals surface area contributed by atoms with Gasteiger partial charge in [-0.25, -0.2) is 0 Å². The fourth-order valence-electron chi connectivity index (χ4n) is 2.82. The maximum atomic E-state index is 12.3. The highest BCUT2D eigenvalue weighted by Crippen LogP contribution is 2.36. The van der Waals surface area contributed by atoms with E-state index in [1.165, 1.54) is 14.2 Å². The molecule has 0 unspecified atom stereocenters. The van der Waals surface area contributed by atoms with Crippen LogP contribution in [-0.2, 0) is 11.2 Å². The molecular weight excluding hydrogens is 394 g/mol. The molecule has 0 saturated heterocycles. The second-order valence-electron chi connectivity index (χ2n) is 6.23. The van der Waals surface area contributed by atoms with Gasteiger partial charge in [0.2, 0.25) is 5.91 Å². The molecule has 1 N–H and O–H groups in total. The normalized spacial score (nSPS) is 10.5. The second kappa shape index (κ2) is 9.39. The van der Waals surface area contributed by atoms with Crippen molar-refractivity contribution in [1.29, 1.82) is 0 Å². The monoisotopic (exact) mass is 415 g/mol. The van der Waals surface area contributed by atoms with Crippen molar-refractivity contribution >= 4 is 23.2 Å². The maximum absolute atomic E-state index is 12.3. The van der Waals surface area contributed by atoms with Crippen LogP contribution in [0.5, 0.6) is 17.2 Å². The van der Waals surface area contributed by atoms with Crippen molar-refractivity contribution in [1.82, 2.24) is 0 Å². The molecule has 0 saturated carbocycles. The summed E-state index contributed by atoms with van der Waals surface area (Å²) in [6, 6.07) is 14.6. The number of carbonyl (C=O) groups excluding carboxylic acids is 1. The molecule has 29 heavy (non-hydrogen) atoms. The number of carbonyl (C=O) groups is 1. The number of anilines is 1. The molecule has 1 amide bonds. The van der Waals surface area contributed by atoms with E-state index in [0.29, 0.717) is 28.6 Å². The van der Waals surface area contributed by atoms with Gasteiger partial charge in [0.25, 0.3) is 0 Å². The van der Waals surface area contributed by atoms with E-state index in [1.54, 1.807) is 19.2 Å². The summed E-state index contributed by atoms with van der Waals surface area (Å²) in [7, 11) is 4.67. The zero-order chi connectivity index (χ0) is 20.8. The summed E-state index contributed by atoms with van der Waals surface area (Å²) < 4.78 is 21.4. The van der Waals surface area contributed by atoms with Gasteiger partial charge in [0, 0.05) is 30.5 Å². The van der Waals surface area contributed by atoms with Crippen molar-refractivity contribution in [3.8, 4) is 28.6 Å². The van der Waals surface area contributed by atoms with Crippen LogP contribution < -0.4 is 19.5 Å². The van der Waals surface area contributed by atoms with Gasteiger partial charge in [0.1, 0.15) is 17.3 Å². The second-order valence-corrected chi connectivity index (χ2v) is 6.64. The average Bonchev–Trinajstić information content (AvgIpc) is 3.22. The Bertz CT molecular complexity index is 981. The average molecular weight is 416 g/mol. The Kier molecular flexibility index (Phi) is 6.67. The van der Waals surface area contributed by atoms with Gasteiger partial charge in [-0.1, -0.05) is 11.6 Å². The predicted molar refractivity (Wildman–Crippen MR) is 112 cm³/mol. The first-order valence-corrected chi connectivity index (χ1v) is 9.36. The lowest BCUT2D eigenvalue weighted by atomic mass is 10.2. The van der Waals surface area contributed by atoms with Crippen molar-refractivity contribution < 1.29 is 23.4 Å². The van der Waals surface area contributed by atoms with E-state index < -0.39 is 0 Å². The Balaban J connectivity index is 1.60. The predicted octanol–water partition coefficient (Wildman–Crippen LogP) is 5.20. The van der Waals surface area contributed by atoms with E-state index in [1.807, 2.05) is 36.4 Å². The van der Waals surface area contributed by atoms with Crippen LogP contribution in [0.25, 0.3) is 11.3 Å². The van der Waals surface area contributed by atoms with E-state index in [0.717, 1.165) is 22.8 Å². The van der Waals surface area contributed by atoms with E-state index in [4.69, 9.17) is 30.2 Å². The summed E-state index contributed by atoms with van der Waals surface area (Å²) in [4.78, 5) is 12.3. The lowest BCUT2D eigenvalue weighted by molar-refractivity contribution is -0.116. The van der Waals surface area contributed by atoms with E-state index in [2.05, 4.69) is 5.32 Å². The maximum Gasteiger partial charge on any atom is 0.224 e. The largest absolute Gasteiger partial charge is 0.497 e. The molecule has 1 aromatic heterocycles.